The van der Waals surface area contributed by atoms with Crippen molar-refractivity contribution in [1.29, 1.82) is 5.26 Å². The van der Waals surface area contributed by atoms with Gasteiger partial charge in [0.25, 0.3) is 0 Å². The number of rotatable bonds is 3. The van der Waals surface area contributed by atoms with E-state index >= 15 is 0 Å². The molecule has 178 valence electrons. The van der Waals surface area contributed by atoms with Crippen LogP contribution in [-0.4, -0.2) is 31.9 Å². The number of allylic oxidation sites excluding steroid dienone is 1. The SMILES string of the molecule is COC(=O)C1=C(C(=O)OC)C2(C(=O)c3cccc4cccc2c34)C(C#N)=C(N)N1c1ccc(Cl)cc1. The molecule has 0 saturated carbocycles. The first-order valence-electron chi connectivity index (χ1n) is 10.8. The third-order valence-electron chi connectivity index (χ3n) is 6.57. The summed E-state index contributed by atoms with van der Waals surface area (Å²) < 4.78 is 10.1. The molecule has 5 rings (SSSR count). The van der Waals surface area contributed by atoms with Crippen LogP contribution in [0, 0.1) is 11.3 Å². The fourth-order valence-corrected chi connectivity index (χ4v) is 5.27. The minimum absolute atomic E-state index is 0.203. The number of nitrogens with two attached hydrogens (primary N) is 1. The van der Waals surface area contributed by atoms with E-state index in [0.29, 0.717) is 27.2 Å². The molecule has 1 atom stereocenters. The standard InChI is InChI=1S/C27H18ClN3O5/c1-35-25(33)21-22(26(34)36-2)31(16-11-9-15(28)10-12-16)24(30)19(13-29)27(21)18-8-4-6-14-5-3-7-17(20(14)18)23(27)32/h3-12H,30H2,1-2H3. The average Bonchev–Trinajstić information content (AvgIpc) is 3.14. The number of benzene rings is 3. The maximum atomic E-state index is 14.3. The van der Waals surface area contributed by atoms with Crippen LogP contribution in [-0.2, 0) is 24.5 Å². The number of ether oxygens (including phenoxy) is 2. The molecule has 2 aliphatic rings. The quantitative estimate of drug-likeness (QED) is 0.541. The lowest BCUT2D eigenvalue weighted by Crippen LogP contribution is -2.50. The molecule has 0 fully saturated rings. The number of hydrogen-bond acceptors (Lipinski definition) is 8. The van der Waals surface area contributed by atoms with Crippen LogP contribution in [0.5, 0.6) is 0 Å². The monoisotopic (exact) mass is 499 g/mol. The number of esters is 2. The van der Waals surface area contributed by atoms with Crippen molar-refractivity contribution in [3.8, 4) is 6.07 Å². The second-order valence-electron chi connectivity index (χ2n) is 8.18. The fourth-order valence-electron chi connectivity index (χ4n) is 5.14. The van der Waals surface area contributed by atoms with Gasteiger partial charge in [-0.3, -0.25) is 9.69 Å². The summed E-state index contributed by atoms with van der Waals surface area (Å²) in [6.45, 7) is 0. The van der Waals surface area contributed by atoms with E-state index in [-0.39, 0.29) is 22.7 Å². The van der Waals surface area contributed by atoms with E-state index in [1.807, 2.05) is 12.1 Å². The predicted octanol–water partition coefficient (Wildman–Crippen LogP) is 3.74. The van der Waals surface area contributed by atoms with E-state index in [4.69, 9.17) is 26.8 Å². The Bertz CT molecular complexity index is 1590. The maximum absolute atomic E-state index is 14.3. The molecule has 3 aromatic rings. The average molecular weight is 500 g/mol. The number of Topliss-reactive ketones (excluding diaryl/α,β-unsaturated/α-hetero) is 1. The summed E-state index contributed by atoms with van der Waals surface area (Å²) in [7, 11) is 2.27. The number of hydrogen-bond donors (Lipinski definition) is 1. The van der Waals surface area contributed by atoms with Gasteiger partial charge < -0.3 is 15.2 Å². The normalized spacial score (nSPS) is 18.6. The van der Waals surface area contributed by atoms with Crippen LogP contribution in [0.25, 0.3) is 10.8 Å². The van der Waals surface area contributed by atoms with Crippen molar-refractivity contribution in [3.63, 3.8) is 0 Å². The first-order chi connectivity index (χ1) is 17.3. The summed E-state index contributed by atoms with van der Waals surface area (Å²) in [5.41, 5.74) is 4.65. The van der Waals surface area contributed by atoms with Gasteiger partial charge in [0.2, 0.25) is 0 Å². The highest BCUT2D eigenvalue weighted by Gasteiger charge is 2.61. The Morgan fingerprint density at radius 2 is 1.64 bits per heavy atom. The number of halogens is 1. The van der Waals surface area contributed by atoms with Crippen LogP contribution in [0.1, 0.15) is 15.9 Å². The molecule has 8 nitrogen and oxygen atoms in total. The van der Waals surface area contributed by atoms with Gasteiger partial charge in [0.1, 0.15) is 23.0 Å². The Hall–Kier alpha value is -4.61. The van der Waals surface area contributed by atoms with Crippen molar-refractivity contribution in [3.05, 3.63) is 99.5 Å². The van der Waals surface area contributed by atoms with Crippen molar-refractivity contribution in [1.82, 2.24) is 0 Å². The molecular weight excluding hydrogens is 482 g/mol. The van der Waals surface area contributed by atoms with E-state index in [2.05, 4.69) is 6.07 Å². The Morgan fingerprint density at radius 1 is 1.00 bits per heavy atom. The van der Waals surface area contributed by atoms with E-state index in [1.165, 1.54) is 4.90 Å². The van der Waals surface area contributed by atoms with Crippen molar-refractivity contribution in [2.75, 3.05) is 19.1 Å². The third kappa shape index (κ3) is 2.84. The number of nitriles is 1. The van der Waals surface area contributed by atoms with Gasteiger partial charge in [-0.1, -0.05) is 48.0 Å². The smallest absolute Gasteiger partial charge is 0.355 e. The molecule has 1 aliphatic carbocycles. The molecule has 0 bridgehead atoms. The zero-order valence-electron chi connectivity index (χ0n) is 19.2. The summed E-state index contributed by atoms with van der Waals surface area (Å²) in [4.78, 5) is 42.3. The van der Waals surface area contributed by atoms with Gasteiger partial charge in [-0.15, -0.1) is 0 Å². The molecule has 1 unspecified atom stereocenters. The van der Waals surface area contributed by atoms with Gasteiger partial charge in [0.05, 0.1) is 25.4 Å². The molecule has 0 saturated heterocycles. The summed E-state index contributed by atoms with van der Waals surface area (Å²) in [6, 6.07) is 18.6. The second-order valence-corrected chi connectivity index (χ2v) is 8.62. The minimum Gasteiger partial charge on any atom is -0.466 e. The van der Waals surface area contributed by atoms with E-state index in [1.54, 1.807) is 48.5 Å². The van der Waals surface area contributed by atoms with Crippen LogP contribution in [0.4, 0.5) is 5.69 Å². The van der Waals surface area contributed by atoms with Crippen LogP contribution < -0.4 is 10.6 Å². The summed E-state index contributed by atoms with van der Waals surface area (Å²) in [5, 5.41) is 12.1. The Labute approximate surface area is 210 Å². The highest BCUT2D eigenvalue weighted by molar-refractivity contribution is 6.31. The van der Waals surface area contributed by atoms with E-state index in [0.717, 1.165) is 19.6 Å². The number of carbonyl (C=O) groups excluding carboxylic acids is 3. The highest BCUT2D eigenvalue weighted by atomic mass is 35.5. The van der Waals surface area contributed by atoms with Crippen LogP contribution in [0.15, 0.2) is 83.3 Å². The Kier molecular flexibility index (Phi) is 5.31. The van der Waals surface area contributed by atoms with Crippen LogP contribution in [0.3, 0.4) is 0 Å². The molecule has 1 heterocycles. The highest BCUT2D eigenvalue weighted by Crippen LogP contribution is 2.55. The predicted molar refractivity (Wildman–Crippen MR) is 132 cm³/mol. The zero-order valence-corrected chi connectivity index (χ0v) is 19.9. The number of anilines is 1. The zero-order chi connectivity index (χ0) is 25.8. The van der Waals surface area contributed by atoms with Gasteiger partial charge >= 0.3 is 11.9 Å². The summed E-state index contributed by atoms with van der Waals surface area (Å²) >= 11 is 6.05. The third-order valence-corrected chi connectivity index (χ3v) is 6.82. The van der Waals surface area contributed by atoms with E-state index in [9.17, 15) is 19.6 Å². The molecule has 2 N–H and O–H groups in total. The fraction of sp³-hybridized carbons (Fsp3) is 0.111. The molecule has 0 aromatic heterocycles. The number of ketones is 1. The molecule has 9 heteroatoms. The molecule has 1 aliphatic heterocycles. The number of fused-ring (bicyclic) bond motifs is 1. The molecule has 0 amide bonds. The van der Waals surface area contributed by atoms with Crippen molar-refractivity contribution < 1.29 is 23.9 Å². The lowest BCUT2D eigenvalue weighted by molar-refractivity contribution is -0.139. The topological polar surface area (TPSA) is 123 Å². The van der Waals surface area contributed by atoms with Crippen molar-refractivity contribution in [2.45, 2.75) is 5.41 Å². The minimum atomic E-state index is -2.01. The maximum Gasteiger partial charge on any atom is 0.355 e. The largest absolute Gasteiger partial charge is 0.466 e. The second kappa shape index (κ2) is 8.26. The van der Waals surface area contributed by atoms with Gasteiger partial charge in [0.15, 0.2) is 5.78 Å². The van der Waals surface area contributed by atoms with E-state index < -0.39 is 23.1 Å². The molecule has 1 spiro atoms. The van der Waals surface area contributed by atoms with Crippen LogP contribution in [0.2, 0.25) is 5.02 Å². The van der Waals surface area contributed by atoms with Crippen molar-refractivity contribution in [2.24, 2.45) is 5.73 Å². The summed E-state index contributed by atoms with van der Waals surface area (Å²) in [5.74, 6) is -2.69. The number of methoxy groups -OCH3 is 2. The first kappa shape index (κ1) is 23.1. The lowest BCUT2D eigenvalue weighted by Gasteiger charge is -2.40. The van der Waals surface area contributed by atoms with Gasteiger partial charge in [0, 0.05) is 16.3 Å². The van der Waals surface area contributed by atoms with Crippen LogP contribution >= 0.6 is 11.6 Å². The van der Waals surface area contributed by atoms with Crippen molar-refractivity contribution >= 4 is 45.8 Å². The number of carbonyl (C=O) groups is 3. The molecule has 0 radical (unpaired) electrons. The molecular formula is C27H18ClN3O5. The van der Waals surface area contributed by atoms with Gasteiger partial charge in [-0.05, 0) is 40.6 Å². The molecule has 36 heavy (non-hydrogen) atoms. The Balaban J connectivity index is 1.99. The first-order valence-corrected chi connectivity index (χ1v) is 11.1. The Morgan fingerprint density at radius 3 is 2.25 bits per heavy atom. The molecule has 3 aromatic carbocycles. The van der Waals surface area contributed by atoms with Gasteiger partial charge in [-0.25, -0.2) is 9.59 Å². The van der Waals surface area contributed by atoms with Gasteiger partial charge in [-0.2, -0.15) is 5.26 Å². The number of nitrogens with zero attached hydrogens (tertiary/aromatic N) is 2. The lowest BCUT2D eigenvalue weighted by atomic mass is 9.65. The summed E-state index contributed by atoms with van der Waals surface area (Å²) in [6.07, 6.45) is 0.